The Kier molecular flexibility index (Phi) is 2.58. The van der Waals surface area contributed by atoms with Crippen molar-refractivity contribution in [1.29, 1.82) is 0 Å². The number of rotatable bonds is 3. The lowest BCUT2D eigenvalue weighted by molar-refractivity contribution is -0.123. The van der Waals surface area contributed by atoms with Crippen molar-refractivity contribution < 1.29 is 4.79 Å². The SMILES string of the molecule is Cc1ccc(NC2(C(N)=O)CC3CCC2C3)cc1. The van der Waals surface area contributed by atoms with Gasteiger partial charge in [-0.1, -0.05) is 17.7 Å². The highest BCUT2D eigenvalue weighted by Crippen LogP contribution is 2.51. The Balaban J connectivity index is 1.88. The highest BCUT2D eigenvalue weighted by Gasteiger charge is 2.54. The van der Waals surface area contributed by atoms with Crippen LogP contribution in [0, 0.1) is 18.8 Å². The van der Waals surface area contributed by atoms with Crippen molar-refractivity contribution in [2.45, 2.75) is 38.1 Å². The summed E-state index contributed by atoms with van der Waals surface area (Å²) in [5, 5.41) is 3.44. The van der Waals surface area contributed by atoms with Crippen LogP contribution in [0.4, 0.5) is 5.69 Å². The van der Waals surface area contributed by atoms with Crippen molar-refractivity contribution in [3.8, 4) is 0 Å². The summed E-state index contributed by atoms with van der Waals surface area (Å²) in [6, 6.07) is 8.19. The largest absolute Gasteiger partial charge is 0.371 e. The number of hydrogen-bond acceptors (Lipinski definition) is 2. The van der Waals surface area contributed by atoms with Crippen molar-refractivity contribution in [2.24, 2.45) is 17.6 Å². The lowest BCUT2D eigenvalue weighted by Gasteiger charge is -2.36. The van der Waals surface area contributed by atoms with Crippen molar-refractivity contribution in [2.75, 3.05) is 5.32 Å². The number of amides is 1. The minimum Gasteiger partial charge on any atom is -0.371 e. The molecule has 0 saturated heterocycles. The van der Waals surface area contributed by atoms with Crippen molar-refractivity contribution in [3.63, 3.8) is 0 Å². The van der Waals surface area contributed by atoms with E-state index in [9.17, 15) is 4.79 Å². The zero-order chi connectivity index (χ0) is 12.8. The minimum absolute atomic E-state index is 0.185. The van der Waals surface area contributed by atoms with E-state index in [2.05, 4.69) is 24.4 Å². The topological polar surface area (TPSA) is 55.1 Å². The Bertz CT molecular complexity index is 468. The van der Waals surface area contributed by atoms with Crippen LogP contribution in [0.5, 0.6) is 0 Å². The summed E-state index contributed by atoms with van der Waals surface area (Å²) in [5.74, 6) is 0.914. The standard InChI is InChI=1S/C15H20N2O/c1-10-2-6-13(7-3-10)17-15(14(16)18)9-11-4-5-12(15)8-11/h2-3,6-7,11-12,17H,4-5,8-9H2,1H3,(H2,16,18). The molecule has 2 aliphatic rings. The van der Waals surface area contributed by atoms with E-state index >= 15 is 0 Å². The number of hydrogen-bond donors (Lipinski definition) is 2. The molecule has 3 N–H and O–H groups in total. The second kappa shape index (κ2) is 4.01. The molecule has 0 spiro atoms. The summed E-state index contributed by atoms with van der Waals surface area (Å²) < 4.78 is 0. The van der Waals surface area contributed by atoms with E-state index in [0.717, 1.165) is 24.9 Å². The summed E-state index contributed by atoms with van der Waals surface area (Å²) in [6.07, 6.45) is 4.45. The molecule has 0 radical (unpaired) electrons. The van der Waals surface area contributed by atoms with Gasteiger partial charge in [-0.2, -0.15) is 0 Å². The smallest absolute Gasteiger partial charge is 0.243 e. The third-order valence-corrected chi connectivity index (χ3v) is 4.71. The predicted molar refractivity (Wildman–Crippen MR) is 72.2 cm³/mol. The first-order valence-corrected chi connectivity index (χ1v) is 6.75. The van der Waals surface area contributed by atoms with Crippen LogP contribution in [0.2, 0.25) is 0 Å². The molecule has 3 heteroatoms. The maximum Gasteiger partial charge on any atom is 0.243 e. The number of nitrogens with two attached hydrogens (primary N) is 1. The molecule has 2 bridgehead atoms. The molecule has 3 nitrogen and oxygen atoms in total. The van der Waals surface area contributed by atoms with E-state index in [-0.39, 0.29) is 5.91 Å². The van der Waals surface area contributed by atoms with Gasteiger partial charge in [-0.05, 0) is 56.6 Å². The van der Waals surface area contributed by atoms with Crippen LogP contribution in [0.1, 0.15) is 31.2 Å². The number of benzene rings is 1. The van der Waals surface area contributed by atoms with Gasteiger partial charge in [0.25, 0.3) is 0 Å². The van der Waals surface area contributed by atoms with E-state index in [1.54, 1.807) is 0 Å². The Morgan fingerprint density at radius 3 is 2.56 bits per heavy atom. The van der Waals surface area contributed by atoms with Gasteiger partial charge in [0.1, 0.15) is 5.54 Å². The quantitative estimate of drug-likeness (QED) is 0.858. The van der Waals surface area contributed by atoms with Crippen LogP contribution >= 0.6 is 0 Å². The molecule has 1 amide bonds. The normalized spacial score (nSPS) is 33.6. The minimum atomic E-state index is -0.502. The van der Waals surface area contributed by atoms with Gasteiger partial charge < -0.3 is 11.1 Å². The first kappa shape index (κ1) is 11.6. The molecule has 18 heavy (non-hydrogen) atoms. The van der Waals surface area contributed by atoms with Crippen molar-refractivity contribution in [1.82, 2.24) is 0 Å². The zero-order valence-electron chi connectivity index (χ0n) is 10.8. The molecule has 2 fully saturated rings. The summed E-state index contributed by atoms with van der Waals surface area (Å²) >= 11 is 0. The molecule has 1 aromatic carbocycles. The maximum atomic E-state index is 11.9. The van der Waals surface area contributed by atoms with E-state index in [4.69, 9.17) is 5.73 Å². The highest BCUT2D eigenvalue weighted by atomic mass is 16.1. The summed E-state index contributed by atoms with van der Waals surface area (Å²) in [4.78, 5) is 11.9. The highest BCUT2D eigenvalue weighted by molar-refractivity contribution is 5.89. The van der Waals surface area contributed by atoms with Crippen LogP contribution in [-0.2, 0) is 4.79 Å². The van der Waals surface area contributed by atoms with Gasteiger partial charge in [0.05, 0.1) is 0 Å². The van der Waals surface area contributed by atoms with Gasteiger partial charge in [-0.15, -0.1) is 0 Å². The molecular formula is C15H20N2O. The van der Waals surface area contributed by atoms with E-state index in [0.29, 0.717) is 11.8 Å². The molecule has 3 unspecified atom stereocenters. The number of aryl methyl sites for hydroxylation is 1. The van der Waals surface area contributed by atoms with Crippen molar-refractivity contribution >= 4 is 11.6 Å². The van der Waals surface area contributed by atoms with Crippen LogP contribution < -0.4 is 11.1 Å². The Hall–Kier alpha value is -1.51. The van der Waals surface area contributed by atoms with Gasteiger partial charge in [0.2, 0.25) is 5.91 Å². The average Bonchev–Trinajstić information content (AvgIpc) is 2.93. The summed E-state index contributed by atoms with van der Waals surface area (Å²) in [7, 11) is 0. The van der Waals surface area contributed by atoms with Gasteiger partial charge in [-0.3, -0.25) is 4.79 Å². The van der Waals surface area contributed by atoms with Gasteiger partial charge >= 0.3 is 0 Å². The summed E-state index contributed by atoms with van der Waals surface area (Å²) in [5.41, 5.74) is 7.42. The molecule has 0 aliphatic heterocycles. The van der Waals surface area contributed by atoms with Crippen LogP contribution in [0.15, 0.2) is 24.3 Å². The second-order valence-electron chi connectivity index (χ2n) is 5.91. The Morgan fingerprint density at radius 1 is 1.33 bits per heavy atom. The van der Waals surface area contributed by atoms with Gasteiger partial charge in [0, 0.05) is 5.69 Å². The van der Waals surface area contributed by atoms with Gasteiger partial charge in [-0.25, -0.2) is 0 Å². The fraction of sp³-hybridized carbons (Fsp3) is 0.533. The first-order chi connectivity index (χ1) is 8.60. The first-order valence-electron chi connectivity index (χ1n) is 6.75. The van der Waals surface area contributed by atoms with E-state index < -0.39 is 5.54 Å². The lowest BCUT2D eigenvalue weighted by atomic mass is 9.80. The summed E-state index contributed by atoms with van der Waals surface area (Å²) in [6.45, 7) is 2.06. The maximum absolute atomic E-state index is 11.9. The molecule has 0 aromatic heterocycles. The zero-order valence-corrected chi connectivity index (χ0v) is 10.8. The number of primary amides is 1. The molecule has 2 saturated carbocycles. The van der Waals surface area contributed by atoms with Gasteiger partial charge in [0.15, 0.2) is 0 Å². The van der Waals surface area contributed by atoms with Crippen LogP contribution in [-0.4, -0.2) is 11.4 Å². The molecular weight excluding hydrogens is 224 g/mol. The van der Waals surface area contributed by atoms with Crippen LogP contribution in [0.25, 0.3) is 0 Å². The number of carbonyl (C=O) groups excluding carboxylic acids is 1. The van der Waals surface area contributed by atoms with Crippen molar-refractivity contribution in [3.05, 3.63) is 29.8 Å². The fourth-order valence-electron chi connectivity index (χ4n) is 3.74. The molecule has 3 rings (SSSR count). The van der Waals surface area contributed by atoms with Crippen LogP contribution in [0.3, 0.4) is 0 Å². The number of nitrogens with one attached hydrogen (secondary N) is 1. The van der Waals surface area contributed by atoms with E-state index in [1.807, 2.05) is 12.1 Å². The number of anilines is 1. The molecule has 2 aliphatic carbocycles. The molecule has 1 aromatic rings. The average molecular weight is 244 g/mol. The number of fused-ring (bicyclic) bond motifs is 2. The molecule has 0 heterocycles. The monoisotopic (exact) mass is 244 g/mol. The Labute approximate surface area is 108 Å². The molecule has 96 valence electrons. The second-order valence-corrected chi connectivity index (χ2v) is 5.91. The third kappa shape index (κ3) is 1.69. The fourth-order valence-corrected chi connectivity index (χ4v) is 3.74. The number of carbonyl (C=O) groups is 1. The third-order valence-electron chi connectivity index (χ3n) is 4.71. The Morgan fingerprint density at radius 2 is 2.06 bits per heavy atom. The molecule has 3 atom stereocenters. The predicted octanol–water partition coefficient (Wildman–Crippen LogP) is 2.45. The van der Waals surface area contributed by atoms with E-state index in [1.165, 1.54) is 12.0 Å². The lowest BCUT2D eigenvalue weighted by Crippen LogP contribution is -2.54.